The van der Waals surface area contributed by atoms with Crippen LogP contribution in [0.2, 0.25) is 0 Å². The minimum absolute atomic E-state index is 0.0309. The third-order valence-electron chi connectivity index (χ3n) is 4.22. The summed E-state index contributed by atoms with van der Waals surface area (Å²) in [5, 5.41) is 2.72. The van der Waals surface area contributed by atoms with Gasteiger partial charge in [0.05, 0.1) is 5.56 Å². The molecule has 1 aromatic heterocycles. The van der Waals surface area contributed by atoms with E-state index in [0.29, 0.717) is 12.2 Å². The first-order valence-electron chi connectivity index (χ1n) is 8.61. The molecule has 0 spiro atoms. The van der Waals surface area contributed by atoms with Crippen molar-refractivity contribution in [1.29, 1.82) is 0 Å². The summed E-state index contributed by atoms with van der Waals surface area (Å²) in [5.74, 6) is -0.697. The maximum Gasteiger partial charge on any atom is 0.422 e. The third kappa shape index (κ3) is 4.79. The van der Waals surface area contributed by atoms with Crippen LogP contribution < -0.4 is 15.0 Å². The predicted octanol–water partition coefficient (Wildman–Crippen LogP) is 3.57. The number of fused-ring (bicyclic) bond motifs is 1. The first-order valence-corrected chi connectivity index (χ1v) is 8.61. The second-order valence-corrected chi connectivity index (χ2v) is 6.36. The fourth-order valence-corrected chi connectivity index (χ4v) is 2.96. The molecular weight excluding hydrogens is 375 g/mol. The number of benzene rings is 1. The van der Waals surface area contributed by atoms with Crippen molar-refractivity contribution in [1.82, 2.24) is 4.98 Å². The van der Waals surface area contributed by atoms with Gasteiger partial charge in [-0.2, -0.15) is 13.2 Å². The van der Waals surface area contributed by atoms with Gasteiger partial charge in [-0.15, -0.1) is 0 Å². The van der Waals surface area contributed by atoms with E-state index in [0.717, 1.165) is 30.3 Å². The van der Waals surface area contributed by atoms with Crippen molar-refractivity contribution < 1.29 is 27.5 Å². The average molecular weight is 393 g/mol. The second-order valence-electron chi connectivity index (χ2n) is 6.36. The van der Waals surface area contributed by atoms with Crippen LogP contribution in [0.1, 0.15) is 29.3 Å². The maximum atomic E-state index is 12.3. The number of aryl methyl sites for hydroxylation is 1. The van der Waals surface area contributed by atoms with E-state index >= 15 is 0 Å². The Labute approximate surface area is 159 Å². The molecule has 1 aromatic carbocycles. The summed E-state index contributed by atoms with van der Waals surface area (Å²) < 4.78 is 40.9. The van der Waals surface area contributed by atoms with Gasteiger partial charge < -0.3 is 15.0 Å². The zero-order chi connectivity index (χ0) is 20.3. The van der Waals surface area contributed by atoms with Gasteiger partial charge in [0, 0.05) is 37.1 Å². The summed E-state index contributed by atoms with van der Waals surface area (Å²) in [6, 6.07) is 7.85. The number of hydrogen-bond acceptors (Lipinski definition) is 4. The summed E-state index contributed by atoms with van der Waals surface area (Å²) in [5.41, 5.74) is 2.55. The summed E-state index contributed by atoms with van der Waals surface area (Å²) in [7, 11) is 0. The molecule has 0 saturated heterocycles. The number of carbonyl (C=O) groups is 2. The summed E-state index contributed by atoms with van der Waals surface area (Å²) in [4.78, 5) is 29.5. The molecule has 148 valence electrons. The Hall–Kier alpha value is -3.10. The largest absolute Gasteiger partial charge is 0.468 e. The maximum absolute atomic E-state index is 12.3. The van der Waals surface area contributed by atoms with Crippen LogP contribution in [0.5, 0.6) is 5.88 Å². The lowest BCUT2D eigenvalue weighted by molar-refractivity contribution is -0.154. The quantitative estimate of drug-likeness (QED) is 0.862. The van der Waals surface area contributed by atoms with Crippen LogP contribution in [0.3, 0.4) is 0 Å². The Morgan fingerprint density at radius 2 is 2.04 bits per heavy atom. The fourth-order valence-electron chi connectivity index (χ4n) is 2.96. The zero-order valence-electron chi connectivity index (χ0n) is 15.0. The van der Waals surface area contributed by atoms with Crippen LogP contribution in [0, 0.1) is 0 Å². The average Bonchev–Trinajstić information content (AvgIpc) is 2.65. The van der Waals surface area contributed by atoms with Crippen LogP contribution in [0.15, 0.2) is 36.5 Å². The van der Waals surface area contributed by atoms with Crippen molar-refractivity contribution in [3.63, 3.8) is 0 Å². The SMILES string of the molecule is CC(=O)N1CCCc2cc(NC(=O)c3ccc(OCC(F)(F)F)nc3)ccc21. The topological polar surface area (TPSA) is 71.5 Å². The molecule has 6 nitrogen and oxygen atoms in total. The molecule has 0 atom stereocenters. The molecule has 1 aliphatic rings. The Morgan fingerprint density at radius 3 is 2.68 bits per heavy atom. The van der Waals surface area contributed by atoms with E-state index in [1.165, 1.54) is 19.1 Å². The number of halogens is 3. The monoisotopic (exact) mass is 393 g/mol. The number of aromatic nitrogens is 1. The summed E-state index contributed by atoms with van der Waals surface area (Å²) in [6.07, 6.45) is -1.66. The van der Waals surface area contributed by atoms with Gasteiger partial charge in [-0.05, 0) is 42.7 Å². The summed E-state index contributed by atoms with van der Waals surface area (Å²) >= 11 is 0. The minimum Gasteiger partial charge on any atom is -0.468 e. The Balaban J connectivity index is 1.67. The second kappa shape index (κ2) is 7.87. The molecule has 1 aliphatic heterocycles. The smallest absolute Gasteiger partial charge is 0.422 e. The number of carbonyl (C=O) groups excluding carboxylic acids is 2. The Bertz CT molecular complexity index is 882. The number of amides is 2. The van der Waals surface area contributed by atoms with Crippen molar-refractivity contribution in [2.24, 2.45) is 0 Å². The molecule has 2 heterocycles. The zero-order valence-corrected chi connectivity index (χ0v) is 15.0. The highest BCUT2D eigenvalue weighted by Gasteiger charge is 2.28. The number of pyridine rings is 1. The van der Waals surface area contributed by atoms with E-state index < -0.39 is 18.7 Å². The van der Waals surface area contributed by atoms with Gasteiger partial charge in [0.2, 0.25) is 11.8 Å². The molecule has 1 N–H and O–H groups in total. The highest BCUT2D eigenvalue weighted by molar-refractivity contribution is 6.04. The van der Waals surface area contributed by atoms with E-state index in [1.54, 1.807) is 17.0 Å². The number of anilines is 2. The van der Waals surface area contributed by atoms with Gasteiger partial charge in [0.25, 0.3) is 5.91 Å². The lowest BCUT2D eigenvalue weighted by Crippen LogP contribution is -2.33. The van der Waals surface area contributed by atoms with Gasteiger partial charge in [-0.1, -0.05) is 0 Å². The van der Waals surface area contributed by atoms with Gasteiger partial charge >= 0.3 is 6.18 Å². The first kappa shape index (κ1) is 19.7. The van der Waals surface area contributed by atoms with Crippen molar-refractivity contribution in [2.75, 3.05) is 23.4 Å². The van der Waals surface area contributed by atoms with Gasteiger partial charge in [-0.25, -0.2) is 4.98 Å². The highest BCUT2D eigenvalue weighted by Crippen LogP contribution is 2.30. The molecule has 0 unspecified atom stereocenters. The van der Waals surface area contributed by atoms with Crippen molar-refractivity contribution in [3.8, 4) is 5.88 Å². The van der Waals surface area contributed by atoms with Crippen LogP contribution in [-0.4, -0.2) is 36.1 Å². The van der Waals surface area contributed by atoms with Crippen LogP contribution >= 0.6 is 0 Å². The molecule has 9 heteroatoms. The molecule has 28 heavy (non-hydrogen) atoms. The lowest BCUT2D eigenvalue weighted by atomic mass is 10.0. The van der Waals surface area contributed by atoms with Gasteiger partial charge in [0.15, 0.2) is 6.61 Å². The predicted molar refractivity (Wildman–Crippen MR) is 96.5 cm³/mol. The minimum atomic E-state index is -4.46. The van der Waals surface area contributed by atoms with Crippen LogP contribution in [0.25, 0.3) is 0 Å². The van der Waals surface area contributed by atoms with Crippen molar-refractivity contribution >= 4 is 23.2 Å². The van der Waals surface area contributed by atoms with Crippen LogP contribution in [0.4, 0.5) is 24.5 Å². The normalized spacial score (nSPS) is 13.6. The standard InChI is InChI=1S/C19H18F3N3O3/c1-12(26)25-8-2-3-13-9-15(5-6-16(13)25)24-18(27)14-4-7-17(23-10-14)28-11-19(20,21)22/h4-7,9-10H,2-3,8,11H2,1H3,(H,24,27). The summed E-state index contributed by atoms with van der Waals surface area (Å²) in [6.45, 7) is 0.736. The molecule has 0 bridgehead atoms. The van der Waals surface area contributed by atoms with Crippen LogP contribution in [-0.2, 0) is 11.2 Å². The lowest BCUT2D eigenvalue weighted by Gasteiger charge is -2.29. The number of nitrogens with zero attached hydrogens (tertiary/aromatic N) is 2. The van der Waals surface area contributed by atoms with E-state index in [9.17, 15) is 22.8 Å². The third-order valence-corrected chi connectivity index (χ3v) is 4.22. The van der Waals surface area contributed by atoms with E-state index in [4.69, 9.17) is 0 Å². The molecule has 3 rings (SSSR count). The molecule has 2 amide bonds. The number of nitrogens with one attached hydrogen (secondary N) is 1. The number of alkyl halides is 3. The Kier molecular flexibility index (Phi) is 5.53. The fraction of sp³-hybridized carbons (Fsp3) is 0.316. The van der Waals surface area contributed by atoms with E-state index in [2.05, 4.69) is 15.0 Å². The molecule has 0 aliphatic carbocycles. The molecule has 0 saturated carbocycles. The van der Waals surface area contributed by atoms with Gasteiger partial charge in [-0.3, -0.25) is 9.59 Å². The molecule has 0 fully saturated rings. The molecule has 0 radical (unpaired) electrons. The first-order chi connectivity index (χ1) is 13.2. The van der Waals surface area contributed by atoms with E-state index in [1.807, 2.05) is 6.07 Å². The number of ether oxygens (including phenoxy) is 1. The molecule has 2 aromatic rings. The Morgan fingerprint density at radius 1 is 1.25 bits per heavy atom. The van der Waals surface area contributed by atoms with E-state index in [-0.39, 0.29) is 17.4 Å². The van der Waals surface area contributed by atoms with Gasteiger partial charge in [0.1, 0.15) is 0 Å². The van der Waals surface area contributed by atoms with Crippen molar-refractivity contribution in [3.05, 3.63) is 47.7 Å². The highest BCUT2D eigenvalue weighted by atomic mass is 19.4. The number of hydrogen-bond donors (Lipinski definition) is 1. The number of rotatable bonds is 4. The molecular formula is C19H18F3N3O3. The van der Waals surface area contributed by atoms with Crippen molar-refractivity contribution in [2.45, 2.75) is 25.9 Å².